The number of nitrogens with zero attached hydrogens (tertiary/aromatic N) is 7. The number of amides is 2. The van der Waals surface area contributed by atoms with Crippen LogP contribution in [0, 0.1) is 17.3 Å². The number of hydrogen-bond acceptors (Lipinski definition) is 16. The van der Waals surface area contributed by atoms with E-state index in [0.29, 0.717) is 57.4 Å². The third-order valence-electron chi connectivity index (χ3n) is 16.5. The van der Waals surface area contributed by atoms with Crippen molar-refractivity contribution in [1.82, 2.24) is 39.6 Å². The number of fused-ring (bicyclic) bond motifs is 6. The summed E-state index contributed by atoms with van der Waals surface area (Å²) in [5.41, 5.74) is 10.3. The molecule has 5 aromatic rings. The maximum absolute atomic E-state index is 15.0. The SMILES string of the molecule is CO[C@@H](C)c1ncc(N2CCN(C3CC3)CC2)cc1-c1c2c3cc(ccc3n1CCOC1CCOCC1)-c1csc(n1)[C@@H](OCC(F)F)[C@H](NC(=O)[C@H]1[C@H](C)[C@@H]1c1ccsn1)C(=O)N1CCC[C@H](N1)C(=O)OCC(C)(C)C2. The van der Waals surface area contributed by atoms with E-state index < -0.39 is 60.3 Å². The lowest BCUT2D eigenvalue weighted by Gasteiger charge is -2.37. The molecule has 0 unspecified atom stereocenters. The highest BCUT2D eigenvalue weighted by Crippen LogP contribution is 2.54. The number of carbonyl (C=O) groups is 3. The molecule has 0 radical (unpaired) electrons. The Morgan fingerprint density at radius 2 is 1.83 bits per heavy atom. The Kier molecular flexibility index (Phi) is 16.1. The van der Waals surface area contributed by atoms with Crippen molar-refractivity contribution in [3.05, 3.63) is 69.2 Å². The fourth-order valence-corrected chi connectivity index (χ4v) is 13.4. The molecule has 4 aromatic heterocycles. The van der Waals surface area contributed by atoms with Gasteiger partial charge < -0.3 is 38.5 Å². The van der Waals surface area contributed by atoms with Gasteiger partial charge in [-0.15, -0.1) is 11.3 Å². The summed E-state index contributed by atoms with van der Waals surface area (Å²) in [5, 5.41) is 9.12. The van der Waals surface area contributed by atoms with Crippen LogP contribution in [0.4, 0.5) is 14.5 Å². The van der Waals surface area contributed by atoms with E-state index in [2.05, 4.69) is 61.5 Å². The average Bonchev–Trinajstić information content (AvgIpc) is 4.39. The minimum Gasteiger partial charge on any atom is -0.464 e. The molecule has 1 aromatic carbocycles. The first-order valence-electron chi connectivity index (χ1n) is 27.4. The fraction of sp³-hybridized carbons (Fsp3) is 0.607. The van der Waals surface area contributed by atoms with Gasteiger partial charge in [-0.05, 0) is 99.1 Å². The van der Waals surface area contributed by atoms with E-state index in [1.165, 1.54) is 40.7 Å². The van der Waals surface area contributed by atoms with E-state index in [1.807, 2.05) is 42.9 Å². The number of cyclic esters (lactones) is 1. The van der Waals surface area contributed by atoms with Crippen LogP contribution in [0.3, 0.4) is 0 Å². The fourth-order valence-electron chi connectivity index (χ4n) is 11.9. The Bertz CT molecular complexity index is 2900. The maximum atomic E-state index is 15.0. The van der Waals surface area contributed by atoms with Crippen molar-refractivity contribution in [2.75, 3.05) is 77.8 Å². The maximum Gasteiger partial charge on any atom is 0.324 e. The first-order chi connectivity index (χ1) is 37.2. The second-order valence-corrected chi connectivity index (χ2v) is 24.0. The predicted octanol–water partition coefficient (Wildman–Crippen LogP) is 7.95. The van der Waals surface area contributed by atoms with Gasteiger partial charge in [0.05, 0.1) is 60.1 Å². The number of esters is 1. The molecule has 7 atom stereocenters. The summed E-state index contributed by atoms with van der Waals surface area (Å²) in [6.07, 6.45) is 2.87. The van der Waals surface area contributed by atoms with Crippen LogP contribution >= 0.6 is 22.9 Å². The monoisotopic (exact) mass is 1100 g/mol. The minimum absolute atomic E-state index is 0.0545. The molecule has 11 rings (SSSR count). The molecule has 414 valence electrons. The Labute approximate surface area is 456 Å². The quantitative estimate of drug-likeness (QED) is 0.0967. The molecule has 77 heavy (non-hydrogen) atoms. The van der Waals surface area contributed by atoms with E-state index in [4.69, 9.17) is 33.7 Å². The molecule has 2 saturated carbocycles. The van der Waals surface area contributed by atoms with Crippen molar-refractivity contribution in [2.24, 2.45) is 17.3 Å². The van der Waals surface area contributed by atoms with Crippen molar-refractivity contribution >= 4 is 57.2 Å². The van der Waals surface area contributed by atoms with Gasteiger partial charge in [0, 0.05) is 116 Å². The summed E-state index contributed by atoms with van der Waals surface area (Å²) in [6.45, 7) is 13.4. The van der Waals surface area contributed by atoms with Gasteiger partial charge in [0.25, 0.3) is 12.3 Å². The number of carbonyl (C=O) groups excluding carboxylic acids is 3. The summed E-state index contributed by atoms with van der Waals surface area (Å²) >= 11 is 2.47. The van der Waals surface area contributed by atoms with Crippen molar-refractivity contribution in [1.29, 1.82) is 0 Å². The first kappa shape index (κ1) is 54.0. The molecule has 21 heteroatoms. The normalized spacial score (nSPS) is 26.0. The molecule has 4 aliphatic heterocycles. The molecule has 2 aliphatic carbocycles. The van der Waals surface area contributed by atoms with Crippen molar-refractivity contribution in [2.45, 2.75) is 128 Å². The Balaban J connectivity index is 1.04. The van der Waals surface area contributed by atoms with Crippen LogP contribution < -0.4 is 15.6 Å². The topological polar surface area (TPSA) is 175 Å². The van der Waals surface area contributed by atoms with Crippen LogP contribution in [0.2, 0.25) is 0 Å². The summed E-state index contributed by atoms with van der Waals surface area (Å²) in [4.78, 5) is 58.9. The number of hydrogen-bond donors (Lipinski definition) is 2. The Morgan fingerprint density at radius 1 is 1.03 bits per heavy atom. The smallest absolute Gasteiger partial charge is 0.324 e. The number of ether oxygens (including phenoxy) is 5. The van der Waals surface area contributed by atoms with Gasteiger partial charge in [0.15, 0.2) is 0 Å². The van der Waals surface area contributed by atoms with Crippen LogP contribution in [0.15, 0.2) is 47.3 Å². The van der Waals surface area contributed by atoms with Crippen molar-refractivity contribution < 1.29 is 46.8 Å². The number of hydrazine groups is 1. The van der Waals surface area contributed by atoms with Crippen LogP contribution in [0.1, 0.15) is 106 Å². The number of methoxy groups -OCH3 is 1. The predicted molar refractivity (Wildman–Crippen MR) is 289 cm³/mol. The highest BCUT2D eigenvalue weighted by molar-refractivity contribution is 7.10. The number of halogens is 2. The minimum atomic E-state index is -2.88. The molecular formula is C56H71F2N9O8S2. The van der Waals surface area contributed by atoms with E-state index in [9.17, 15) is 23.2 Å². The van der Waals surface area contributed by atoms with Crippen LogP contribution in [0.5, 0.6) is 0 Å². The van der Waals surface area contributed by atoms with E-state index in [0.717, 1.165) is 89.4 Å². The van der Waals surface area contributed by atoms with E-state index >= 15 is 0 Å². The summed E-state index contributed by atoms with van der Waals surface area (Å²) in [6, 6.07) is 8.68. The number of alkyl halides is 2. The lowest BCUT2D eigenvalue weighted by atomic mass is 9.84. The zero-order valence-electron chi connectivity index (χ0n) is 44.6. The second kappa shape index (κ2) is 23.0. The first-order valence-corrected chi connectivity index (χ1v) is 29.1. The Morgan fingerprint density at radius 3 is 2.57 bits per heavy atom. The average molecular weight is 1100 g/mol. The Hall–Kier alpha value is -5.00. The van der Waals surface area contributed by atoms with Crippen LogP contribution in [0.25, 0.3) is 33.4 Å². The van der Waals surface area contributed by atoms with Crippen molar-refractivity contribution in [3.63, 3.8) is 0 Å². The molecule has 3 saturated heterocycles. The summed E-state index contributed by atoms with van der Waals surface area (Å²) in [5.74, 6) is -2.36. The van der Waals surface area contributed by atoms with Gasteiger partial charge in [-0.25, -0.2) is 19.2 Å². The molecular weight excluding hydrogens is 1030 g/mol. The lowest BCUT2D eigenvalue weighted by Crippen LogP contribution is -2.61. The molecule has 17 nitrogen and oxygen atoms in total. The van der Waals surface area contributed by atoms with Crippen LogP contribution in [-0.4, -0.2) is 150 Å². The molecule has 8 heterocycles. The summed E-state index contributed by atoms with van der Waals surface area (Å²) in [7, 11) is 1.70. The third-order valence-corrected chi connectivity index (χ3v) is 17.9. The van der Waals surface area contributed by atoms with Gasteiger partial charge in [0.2, 0.25) is 5.91 Å². The zero-order valence-corrected chi connectivity index (χ0v) is 46.2. The number of rotatable bonds is 15. The largest absolute Gasteiger partial charge is 0.464 e. The zero-order chi connectivity index (χ0) is 53.5. The van der Waals surface area contributed by atoms with E-state index in [1.54, 1.807) is 7.11 Å². The van der Waals surface area contributed by atoms with Gasteiger partial charge >= 0.3 is 5.97 Å². The number of nitrogens with one attached hydrogen (secondary N) is 2. The number of aromatic nitrogens is 4. The highest BCUT2D eigenvalue weighted by atomic mass is 32.1. The standard InChI is InChI=1S/C56H71F2N9O8S2/c1-32-46(41-14-24-77-63-41)47(32)52(68)61-49-51(74-29-45(57)58)53-60-43(30-76-53)34-8-11-44-38(25-34)40(27-56(3,4)31-75-55(70)42-7-6-15-67(62-42)54(49)69)50(66(44)20-23-73-37-12-21-72-22-13-37)39-26-36(28-59-48(39)33(2)71-5)65-18-16-64(17-19-65)35-9-10-35/h8,11,14,24-26,28,30,32-33,35,37,42,45-47,49,51,62H,6-7,9-10,12-13,15-23,27,29,31H2,1-5H3,(H,61,68)/t32-,33+,42+,46-,47+,49+,51+/m1/s1. The molecule has 2 amide bonds. The number of piperazine rings is 1. The van der Waals surface area contributed by atoms with Gasteiger partial charge in [-0.1, -0.05) is 26.8 Å². The number of pyridine rings is 1. The van der Waals surface area contributed by atoms with Crippen molar-refractivity contribution in [3.8, 4) is 22.5 Å². The molecule has 6 aliphatic rings. The van der Waals surface area contributed by atoms with Crippen LogP contribution in [-0.2, 0) is 51.0 Å². The molecule has 2 N–H and O–H groups in total. The molecule has 5 fully saturated rings. The molecule has 0 spiro atoms. The van der Waals surface area contributed by atoms with E-state index in [-0.39, 0.29) is 42.2 Å². The van der Waals surface area contributed by atoms with Gasteiger partial charge in [-0.3, -0.25) is 29.3 Å². The van der Waals surface area contributed by atoms with Gasteiger partial charge in [0.1, 0.15) is 29.8 Å². The second-order valence-electron chi connectivity index (χ2n) is 22.5. The summed E-state index contributed by atoms with van der Waals surface area (Å²) < 4.78 is 66.0. The highest BCUT2D eigenvalue weighted by Gasteiger charge is 2.55. The lowest BCUT2D eigenvalue weighted by molar-refractivity contribution is -0.157. The number of thiazole rings is 1. The number of benzene rings is 1. The molecule has 6 bridgehead atoms. The third kappa shape index (κ3) is 11.7. The number of anilines is 1. The van der Waals surface area contributed by atoms with Gasteiger partial charge in [-0.2, -0.15) is 4.37 Å².